The summed E-state index contributed by atoms with van der Waals surface area (Å²) in [6.45, 7) is 2.24. The van der Waals surface area contributed by atoms with Crippen molar-refractivity contribution in [1.82, 2.24) is 9.88 Å². The molecule has 3 rings (SSSR count). The molecule has 7 heteroatoms. The molecule has 0 aliphatic heterocycles. The van der Waals surface area contributed by atoms with Gasteiger partial charge in [-0.15, -0.1) is 0 Å². The summed E-state index contributed by atoms with van der Waals surface area (Å²) in [5, 5.41) is 2.75. The van der Waals surface area contributed by atoms with Gasteiger partial charge in [0.15, 0.2) is 12.2 Å². The number of fused-ring (bicyclic) bond motifs is 1. The van der Waals surface area contributed by atoms with Crippen LogP contribution in [-0.4, -0.2) is 29.6 Å². The topological polar surface area (TPSA) is 90.5 Å². The molecule has 1 N–H and O–H groups in total. The Morgan fingerprint density at radius 2 is 1.82 bits per heavy atom. The van der Waals surface area contributed by atoms with Crippen molar-refractivity contribution in [1.29, 1.82) is 0 Å². The highest BCUT2D eigenvalue weighted by molar-refractivity contribution is 5.80. The standard InChI is InChI=1S/C21H22N2O5/c1-15(16-7-3-2-4-8-16)13-22-19(24)14-27-20(25)11-12-23-17-9-5-6-10-18(17)28-21(23)26/h2-10,15H,11-14H2,1H3,(H,22,24)/t15-/m0/s1. The van der Waals surface area contributed by atoms with E-state index in [1.807, 2.05) is 37.3 Å². The number of benzene rings is 2. The highest BCUT2D eigenvalue weighted by Crippen LogP contribution is 2.13. The van der Waals surface area contributed by atoms with Gasteiger partial charge in [-0.25, -0.2) is 4.79 Å². The Kier molecular flexibility index (Phi) is 6.26. The van der Waals surface area contributed by atoms with Crippen molar-refractivity contribution >= 4 is 23.0 Å². The van der Waals surface area contributed by atoms with E-state index >= 15 is 0 Å². The minimum Gasteiger partial charge on any atom is -0.456 e. The number of ether oxygens (including phenoxy) is 1. The van der Waals surface area contributed by atoms with Crippen LogP contribution in [0.2, 0.25) is 0 Å². The van der Waals surface area contributed by atoms with E-state index in [-0.39, 0.29) is 31.4 Å². The van der Waals surface area contributed by atoms with Crippen LogP contribution < -0.4 is 11.1 Å². The number of hydrogen-bond acceptors (Lipinski definition) is 5. The minimum absolute atomic E-state index is 0.0306. The molecule has 0 spiro atoms. The third-order valence-corrected chi connectivity index (χ3v) is 4.45. The number of amides is 1. The number of rotatable bonds is 8. The van der Waals surface area contributed by atoms with E-state index in [0.717, 1.165) is 5.56 Å². The van der Waals surface area contributed by atoms with Crippen molar-refractivity contribution in [2.45, 2.75) is 25.8 Å². The third-order valence-electron chi connectivity index (χ3n) is 4.45. The first kappa shape index (κ1) is 19.4. The van der Waals surface area contributed by atoms with E-state index in [4.69, 9.17) is 9.15 Å². The molecule has 0 fully saturated rings. The lowest BCUT2D eigenvalue weighted by Crippen LogP contribution is -2.31. The maximum atomic E-state index is 11.9. The van der Waals surface area contributed by atoms with E-state index in [2.05, 4.69) is 5.32 Å². The quantitative estimate of drug-likeness (QED) is 0.605. The maximum absolute atomic E-state index is 11.9. The summed E-state index contributed by atoms with van der Waals surface area (Å²) < 4.78 is 11.5. The van der Waals surface area contributed by atoms with Gasteiger partial charge in [0.1, 0.15) is 0 Å². The summed E-state index contributed by atoms with van der Waals surface area (Å²) in [7, 11) is 0. The second kappa shape index (κ2) is 9.03. The van der Waals surface area contributed by atoms with Crippen LogP contribution in [0.5, 0.6) is 0 Å². The van der Waals surface area contributed by atoms with E-state index in [0.29, 0.717) is 17.6 Å². The molecule has 1 amide bonds. The molecule has 0 unspecified atom stereocenters. The smallest absolute Gasteiger partial charge is 0.419 e. The normalized spacial score (nSPS) is 11.9. The number of aromatic nitrogens is 1. The Morgan fingerprint density at radius 1 is 1.11 bits per heavy atom. The van der Waals surface area contributed by atoms with Crippen molar-refractivity contribution in [2.24, 2.45) is 0 Å². The highest BCUT2D eigenvalue weighted by Gasteiger charge is 2.13. The summed E-state index contributed by atoms with van der Waals surface area (Å²) in [4.78, 5) is 35.7. The van der Waals surface area contributed by atoms with Crippen molar-refractivity contribution in [2.75, 3.05) is 13.2 Å². The van der Waals surface area contributed by atoms with Crippen molar-refractivity contribution in [3.63, 3.8) is 0 Å². The van der Waals surface area contributed by atoms with Crippen LogP contribution >= 0.6 is 0 Å². The zero-order valence-electron chi connectivity index (χ0n) is 15.6. The van der Waals surface area contributed by atoms with Crippen LogP contribution in [0.15, 0.2) is 63.8 Å². The molecule has 146 valence electrons. The number of carbonyl (C=O) groups excluding carboxylic acids is 2. The van der Waals surface area contributed by atoms with Crippen molar-refractivity contribution in [3.8, 4) is 0 Å². The lowest BCUT2D eigenvalue weighted by Gasteiger charge is -2.13. The predicted octanol–water partition coefficient (Wildman–Crippen LogP) is 2.45. The average Bonchev–Trinajstić information content (AvgIpc) is 3.04. The molecule has 7 nitrogen and oxygen atoms in total. The Balaban J connectivity index is 1.42. The Bertz CT molecular complexity index is 1010. The molecule has 0 saturated carbocycles. The molecule has 0 aliphatic carbocycles. The van der Waals surface area contributed by atoms with Crippen LogP contribution in [0, 0.1) is 0 Å². The maximum Gasteiger partial charge on any atom is 0.419 e. The first-order chi connectivity index (χ1) is 13.5. The number of oxazole rings is 1. The molecule has 1 heterocycles. The molecule has 0 aliphatic rings. The molecule has 1 atom stereocenters. The van der Waals surface area contributed by atoms with E-state index in [1.165, 1.54) is 4.57 Å². The first-order valence-corrected chi connectivity index (χ1v) is 9.10. The second-order valence-corrected chi connectivity index (χ2v) is 6.51. The van der Waals surface area contributed by atoms with Crippen LogP contribution in [0.3, 0.4) is 0 Å². The average molecular weight is 382 g/mol. The lowest BCUT2D eigenvalue weighted by atomic mass is 10.0. The van der Waals surface area contributed by atoms with Crippen LogP contribution in [-0.2, 0) is 20.9 Å². The summed E-state index contributed by atoms with van der Waals surface area (Å²) in [6.07, 6.45) is -0.0306. The summed E-state index contributed by atoms with van der Waals surface area (Å²) in [5.74, 6) is -1.28. The number of nitrogens with zero attached hydrogens (tertiary/aromatic N) is 1. The van der Waals surface area contributed by atoms with Gasteiger partial charge in [0.2, 0.25) is 0 Å². The van der Waals surface area contributed by atoms with Gasteiger partial charge in [0.05, 0.1) is 11.9 Å². The number of nitrogens with one attached hydrogen (secondary N) is 1. The van der Waals surface area contributed by atoms with Gasteiger partial charge >= 0.3 is 11.7 Å². The van der Waals surface area contributed by atoms with Crippen molar-refractivity contribution in [3.05, 3.63) is 70.7 Å². The molecule has 0 bridgehead atoms. The molecular weight excluding hydrogens is 360 g/mol. The van der Waals surface area contributed by atoms with E-state index in [1.54, 1.807) is 24.3 Å². The van der Waals surface area contributed by atoms with Gasteiger partial charge in [-0.2, -0.15) is 0 Å². The molecular formula is C21H22N2O5. The number of hydrogen-bond donors (Lipinski definition) is 1. The van der Waals surface area contributed by atoms with Crippen molar-refractivity contribution < 1.29 is 18.7 Å². The van der Waals surface area contributed by atoms with Gasteiger partial charge in [-0.05, 0) is 23.6 Å². The fraction of sp³-hybridized carbons (Fsp3) is 0.286. The highest BCUT2D eigenvalue weighted by atomic mass is 16.5. The number of para-hydroxylation sites is 2. The van der Waals surface area contributed by atoms with Gasteiger partial charge in [0.25, 0.3) is 5.91 Å². The molecule has 1 aromatic heterocycles. The largest absolute Gasteiger partial charge is 0.456 e. The summed E-state index contributed by atoms with van der Waals surface area (Å²) in [5.41, 5.74) is 2.21. The first-order valence-electron chi connectivity index (χ1n) is 9.10. The Labute approximate surface area is 161 Å². The predicted molar refractivity (Wildman–Crippen MR) is 104 cm³/mol. The SMILES string of the molecule is C[C@@H](CNC(=O)COC(=O)CCn1c(=O)oc2ccccc21)c1ccccc1. The molecule has 0 radical (unpaired) electrons. The fourth-order valence-electron chi connectivity index (χ4n) is 2.86. The van der Waals surface area contributed by atoms with Gasteiger partial charge in [-0.3, -0.25) is 14.2 Å². The molecule has 28 heavy (non-hydrogen) atoms. The number of carbonyl (C=O) groups is 2. The summed E-state index contributed by atoms with van der Waals surface area (Å²) in [6, 6.07) is 16.8. The summed E-state index contributed by atoms with van der Waals surface area (Å²) >= 11 is 0. The second-order valence-electron chi connectivity index (χ2n) is 6.51. The van der Waals surface area contributed by atoms with Gasteiger partial charge in [0, 0.05) is 13.1 Å². The lowest BCUT2D eigenvalue weighted by molar-refractivity contribution is -0.148. The molecule has 3 aromatic rings. The Morgan fingerprint density at radius 3 is 2.61 bits per heavy atom. The molecule has 0 saturated heterocycles. The van der Waals surface area contributed by atoms with Gasteiger partial charge < -0.3 is 14.5 Å². The van der Waals surface area contributed by atoms with E-state index in [9.17, 15) is 14.4 Å². The fourth-order valence-corrected chi connectivity index (χ4v) is 2.86. The van der Waals surface area contributed by atoms with Crippen LogP contribution in [0.1, 0.15) is 24.8 Å². The number of esters is 1. The van der Waals surface area contributed by atoms with Crippen LogP contribution in [0.25, 0.3) is 11.1 Å². The Hall–Kier alpha value is -3.35. The number of aryl methyl sites for hydroxylation is 1. The third kappa shape index (κ3) is 4.88. The zero-order valence-corrected chi connectivity index (χ0v) is 15.6. The van der Waals surface area contributed by atoms with Crippen LogP contribution in [0.4, 0.5) is 0 Å². The molecule has 2 aromatic carbocycles. The minimum atomic E-state index is -0.552. The monoisotopic (exact) mass is 382 g/mol. The zero-order chi connectivity index (χ0) is 19.9. The van der Waals surface area contributed by atoms with E-state index < -0.39 is 11.7 Å². The van der Waals surface area contributed by atoms with Gasteiger partial charge in [-0.1, -0.05) is 49.4 Å².